The van der Waals surface area contributed by atoms with E-state index < -0.39 is 0 Å². The maximum atomic E-state index is 9.48. The number of likely N-dealkylation sites (tertiary alicyclic amines) is 1. The molecule has 1 unspecified atom stereocenters. The van der Waals surface area contributed by atoms with Crippen molar-refractivity contribution in [2.75, 3.05) is 13.1 Å². The average Bonchev–Trinajstić information content (AvgIpc) is 3.01. The van der Waals surface area contributed by atoms with Gasteiger partial charge in [-0.1, -0.05) is 18.2 Å². The van der Waals surface area contributed by atoms with Crippen molar-refractivity contribution in [2.24, 2.45) is 0 Å². The molecule has 1 atom stereocenters. The first-order chi connectivity index (χ1) is 8.81. The van der Waals surface area contributed by atoms with Crippen molar-refractivity contribution in [3.05, 3.63) is 42.3 Å². The molecule has 2 aromatic rings. The summed E-state index contributed by atoms with van der Waals surface area (Å²) in [6.07, 6.45) is 2.36. The molecule has 4 heteroatoms. The van der Waals surface area contributed by atoms with Gasteiger partial charge in [0, 0.05) is 25.2 Å². The summed E-state index contributed by atoms with van der Waals surface area (Å²) in [5.74, 6) is 0.658. The number of hydrogen-bond donors (Lipinski definition) is 1. The second-order valence-electron chi connectivity index (χ2n) is 4.69. The average molecular weight is 244 g/mol. The second-order valence-corrected chi connectivity index (χ2v) is 4.69. The highest BCUT2D eigenvalue weighted by Crippen LogP contribution is 2.19. The van der Waals surface area contributed by atoms with Gasteiger partial charge in [0.1, 0.15) is 6.26 Å². The molecule has 1 aromatic heterocycles. The summed E-state index contributed by atoms with van der Waals surface area (Å²) in [6.45, 7) is 2.40. The largest absolute Gasteiger partial charge is 0.444 e. The van der Waals surface area contributed by atoms with E-state index in [1.807, 2.05) is 30.3 Å². The summed E-state index contributed by atoms with van der Waals surface area (Å²) in [7, 11) is 0. The fourth-order valence-corrected chi connectivity index (χ4v) is 2.28. The van der Waals surface area contributed by atoms with E-state index in [4.69, 9.17) is 4.42 Å². The monoisotopic (exact) mass is 244 g/mol. The lowest BCUT2D eigenvalue weighted by Crippen LogP contribution is -2.21. The van der Waals surface area contributed by atoms with E-state index in [1.54, 1.807) is 6.26 Å². The molecule has 1 saturated heterocycles. The highest BCUT2D eigenvalue weighted by Gasteiger charge is 2.21. The molecule has 1 aliphatic rings. The number of oxazole rings is 1. The maximum absolute atomic E-state index is 9.48. The van der Waals surface area contributed by atoms with Gasteiger partial charge in [-0.2, -0.15) is 0 Å². The minimum atomic E-state index is -0.189. The second kappa shape index (κ2) is 4.92. The highest BCUT2D eigenvalue weighted by molar-refractivity contribution is 5.52. The van der Waals surface area contributed by atoms with Gasteiger partial charge in [0.05, 0.1) is 11.8 Å². The van der Waals surface area contributed by atoms with Gasteiger partial charge in [-0.25, -0.2) is 4.98 Å². The van der Waals surface area contributed by atoms with Crippen molar-refractivity contribution in [3.63, 3.8) is 0 Å². The van der Waals surface area contributed by atoms with Gasteiger partial charge in [-0.05, 0) is 18.6 Å². The van der Waals surface area contributed by atoms with Crippen LogP contribution in [0.15, 0.2) is 41.0 Å². The van der Waals surface area contributed by atoms with E-state index in [2.05, 4.69) is 9.88 Å². The molecular formula is C14H16N2O2. The first kappa shape index (κ1) is 11.4. The molecule has 2 heterocycles. The Morgan fingerprint density at radius 3 is 2.89 bits per heavy atom. The maximum Gasteiger partial charge on any atom is 0.226 e. The molecule has 0 spiro atoms. The summed E-state index contributed by atoms with van der Waals surface area (Å²) < 4.78 is 5.49. The van der Waals surface area contributed by atoms with Crippen molar-refractivity contribution < 1.29 is 9.52 Å². The first-order valence-electron chi connectivity index (χ1n) is 6.21. The summed E-state index contributed by atoms with van der Waals surface area (Å²) >= 11 is 0. The Labute approximate surface area is 106 Å². The lowest BCUT2D eigenvalue weighted by Gasteiger charge is -2.11. The lowest BCUT2D eigenvalue weighted by molar-refractivity contribution is 0.174. The molecule has 0 saturated carbocycles. The topological polar surface area (TPSA) is 49.5 Å². The summed E-state index contributed by atoms with van der Waals surface area (Å²) in [5.41, 5.74) is 1.91. The molecule has 18 heavy (non-hydrogen) atoms. The molecule has 0 radical (unpaired) electrons. The van der Waals surface area contributed by atoms with Gasteiger partial charge >= 0.3 is 0 Å². The van der Waals surface area contributed by atoms with Crippen LogP contribution in [0.5, 0.6) is 0 Å². The van der Waals surface area contributed by atoms with Crippen LogP contribution in [-0.2, 0) is 6.54 Å². The van der Waals surface area contributed by atoms with E-state index in [9.17, 15) is 5.11 Å². The predicted molar refractivity (Wildman–Crippen MR) is 67.8 cm³/mol. The Hall–Kier alpha value is -1.65. The number of aromatic nitrogens is 1. The van der Waals surface area contributed by atoms with E-state index in [1.165, 1.54) is 0 Å². The Bertz CT molecular complexity index is 510. The van der Waals surface area contributed by atoms with E-state index in [-0.39, 0.29) is 6.10 Å². The predicted octanol–water partition coefficient (Wildman–Crippen LogP) is 1.91. The van der Waals surface area contributed by atoms with Crippen LogP contribution in [0.2, 0.25) is 0 Å². The van der Waals surface area contributed by atoms with Gasteiger partial charge in [0.25, 0.3) is 0 Å². The molecule has 3 rings (SSSR count). The van der Waals surface area contributed by atoms with Gasteiger partial charge in [-0.15, -0.1) is 0 Å². The van der Waals surface area contributed by atoms with Crippen molar-refractivity contribution in [1.29, 1.82) is 0 Å². The molecule has 0 amide bonds. The van der Waals surface area contributed by atoms with Crippen LogP contribution in [0.25, 0.3) is 11.5 Å². The summed E-state index contributed by atoms with van der Waals surface area (Å²) in [4.78, 5) is 6.67. The normalized spacial score (nSPS) is 20.4. The molecule has 0 bridgehead atoms. The Morgan fingerprint density at radius 1 is 1.33 bits per heavy atom. The van der Waals surface area contributed by atoms with Crippen LogP contribution >= 0.6 is 0 Å². The summed E-state index contributed by atoms with van der Waals surface area (Å²) in [5, 5.41) is 9.48. The van der Waals surface area contributed by atoms with Crippen molar-refractivity contribution in [2.45, 2.75) is 19.1 Å². The van der Waals surface area contributed by atoms with Crippen LogP contribution in [0, 0.1) is 0 Å². The molecule has 4 nitrogen and oxygen atoms in total. The van der Waals surface area contributed by atoms with Gasteiger partial charge in [0.2, 0.25) is 5.89 Å². The Morgan fingerprint density at radius 2 is 2.17 bits per heavy atom. The quantitative estimate of drug-likeness (QED) is 0.896. The molecule has 1 aliphatic heterocycles. The third kappa shape index (κ3) is 2.44. The fourth-order valence-electron chi connectivity index (χ4n) is 2.28. The third-order valence-electron chi connectivity index (χ3n) is 3.21. The molecular weight excluding hydrogens is 228 g/mol. The van der Waals surface area contributed by atoms with Crippen LogP contribution < -0.4 is 0 Å². The van der Waals surface area contributed by atoms with Gasteiger partial charge in [-0.3, -0.25) is 4.90 Å². The van der Waals surface area contributed by atoms with Crippen molar-refractivity contribution in [3.8, 4) is 11.5 Å². The van der Waals surface area contributed by atoms with E-state index in [0.717, 1.165) is 37.3 Å². The van der Waals surface area contributed by atoms with Crippen molar-refractivity contribution >= 4 is 0 Å². The number of hydrogen-bond acceptors (Lipinski definition) is 4. The number of aliphatic hydroxyl groups is 1. The minimum Gasteiger partial charge on any atom is -0.444 e. The Kier molecular flexibility index (Phi) is 3.13. The van der Waals surface area contributed by atoms with Gasteiger partial charge in [0.15, 0.2) is 0 Å². The number of benzene rings is 1. The molecule has 0 aliphatic carbocycles. The van der Waals surface area contributed by atoms with E-state index in [0.29, 0.717) is 5.89 Å². The molecule has 1 aromatic carbocycles. The lowest BCUT2D eigenvalue weighted by atomic mass is 10.2. The van der Waals surface area contributed by atoms with Crippen LogP contribution in [0.3, 0.4) is 0 Å². The van der Waals surface area contributed by atoms with Crippen molar-refractivity contribution in [1.82, 2.24) is 9.88 Å². The van der Waals surface area contributed by atoms with E-state index >= 15 is 0 Å². The van der Waals surface area contributed by atoms with Crippen LogP contribution in [-0.4, -0.2) is 34.2 Å². The number of aliphatic hydroxyl groups excluding tert-OH is 1. The molecule has 1 N–H and O–H groups in total. The van der Waals surface area contributed by atoms with Gasteiger partial charge < -0.3 is 9.52 Å². The first-order valence-corrected chi connectivity index (χ1v) is 6.21. The fraction of sp³-hybridized carbons (Fsp3) is 0.357. The number of rotatable bonds is 3. The zero-order chi connectivity index (χ0) is 12.4. The Balaban J connectivity index is 1.70. The zero-order valence-corrected chi connectivity index (χ0v) is 10.1. The van der Waals surface area contributed by atoms with Crippen LogP contribution in [0.1, 0.15) is 12.1 Å². The van der Waals surface area contributed by atoms with Crippen LogP contribution in [0.4, 0.5) is 0 Å². The number of β-amino-alcohol motifs (C(OH)–C–C–N with tert-alkyl or cyclic N) is 1. The standard InChI is InChI=1S/C14H16N2O2/c17-13-6-7-16(9-13)8-12-10-18-14(15-12)11-4-2-1-3-5-11/h1-5,10,13,17H,6-9H2. The number of nitrogens with zero attached hydrogens (tertiary/aromatic N) is 2. The smallest absolute Gasteiger partial charge is 0.226 e. The zero-order valence-electron chi connectivity index (χ0n) is 10.1. The SMILES string of the molecule is OC1CCN(Cc2coc(-c3ccccc3)n2)C1. The minimum absolute atomic E-state index is 0.189. The molecule has 94 valence electrons. The highest BCUT2D eigenvalue weighted by atomic mass is 16.3. The molecule has 1 fully saturated rings. The summed E-state index contributed by atoms with van der Waals surface area (Å²) in [6, 6.07) is 9.87. The third-order valence-corrected chi connectivity index (χ3v) is 3.21.